The Morgan fingerprint density at radius 3 is 1.98 bits per heavy atom. The standard InChI is InChI=1S/C33H25Cl2N9O9S2.2Na/c1-16-29(32(46)44(43-16)26-14-25(35)27(15-24(26)34)54(48,49)50)41-39-21-7-3-19(4-8-21)37-33(47)38-20-5-9-22(10-6-20)40-42-30-28(55(51,52)53)13-17-12-18(36)2-11-23(17)31(30)45;;/h2-15,29,45H,36H2,1H3,(H2,37,38,47)(H,48,49,50)(H,51,52,53);;/q;2*+1/p-2. The van der Waals surface area contributed by atoms with Gasteiger partial charge >= 0.3 is 65.1 Å². The first kappa shape index (κ1) is 45.7. The molecule has 5 aromatic rings. The van der Waals surface area contributed by atoms with Gasteiger partial charge in [-0.3, -0.25) is 9.35 Å². The van der Waals surface area contributed by atoms with Gasteiger partial charge in [0.25, 0.3) is 16.0 Å². The van der Waals surface area contributed by atoms with Crippen LogP contribution in [0, 0.1) is 0 Å². The van der Waals surface area contributed by atoms with E-state index in [1.807, 2.05) is 0 Å². The fourth-order valence-electron chi connectivity index (χ4n) is 5.13. The zero-order chi connectivity index (χ0) is 39.8. The maximum atomic E-state index is 13.1. The monoisotopic (exact) mass is 869 g/mol. The maximum absolute atomic E-state index is 13.1. The topological polar surface area (TPSA) is 284 Å². The van der Waals surface area contributed by atoms with Gasteiger partial charge in [0, 0.05) is 17.1 Å². The molecule has 6 rings (SSSR count). The number of rotatable bonds is 9. The maximum Gasteiger partial charge on any atom is 1.00 e. The van der Waals surface area contributed by atoms with Crippen LogP contribution >= 0.6 is 23.2 Å². The number of halogens is 2. The molecule has 0 bridgehead atoms. The molecule has 0 aromatic heterocycles. The number of hydrazone groups is 1. The summed E-state index contributed by atoms with van der Waals surface area (Å²) in [4.78, 5) is 24.3. The number of hydrogen-bond acceptors (Lipinski definition) is 14. The minimum absolute atomic E-state index is 0. The van der Waals surface area contributed by atoms with Gasteiger partial charge in [-0.1, -0.05) is 35.0 Å². The Bertz CT molecular complexity index is 2720. The molecule has 1 aliphatic rings. The zero-order valence-electron chi connectivity index (χ0n) is 29.7. The molecule has 0 spiro atoms. The molecule has 5 N–H and O–H groups in total. The molecule has 5 aromatic carbocycles. The molecule has 0 saturated carbocycles. The molecule has 1 unspecified atom stereocenters. The first-order valence-corrected chi connectivity index (χ1v) is 18.9. The van der Waals surface area contributed by atoms with E-state index < -0.39 is 64.5 Å². The quantitative estimate of drug-likeness (QED) is 0.0703. The molecule has 1 atom stereocenters. The fourth-order valence-corrected chi connectivity index (χ4v) is 7.09. The number of azo groups is 2. The van der Waals surface area contributed by atoms with E-state index in [0.29, 0.717) is 17.1 Å². The van der Waals surface area contributed by atoms with Crippen LogP contribution in [0.25, 0.3) is 10.8 Å². The summed E-state index contributed by atoms with van der Waals surface area (Å²) in [6, 6.07) is 17.4. The number of nitrogens with zero attached hydrogens (tertiary/aromatic N) is 6. The summed E-state index contributed by atoms with van der Waals surface area (Å²) in [5, 5.41) is 38.8. The average Bonchev–Trinajstić information content (AvgIpc) is 3.39. The third-order valence-electron chi connectivity index (χ3n) is 7.73. The van der Waals surface area contributed by atoms with Crippen molar-refractivity contribution in [3.8, 4) is 5.75 Å². The number of nitrogens with one attached hydrogen (secondary N) is 2. The third kappa shape index (κ3) is 10.5. The number of benzene rings is 5. The molecule has 3 amide bonds. The molecule has 24 heteroatoms. The average molecular weight is 871 g/mol. The van der Waals surface area contributed by atoms with Gasteiger partial charge in [0.2, 0.25) is 0 Å². The van der Waals surface area contributed by atoms with Crippen LogP contribution in [0.4, 0.5) is 44.6 Å². The third-order valence-corrected chi connectivity index (χ3v) is 10.2. The Kier molecular flexibility index (Phi) is 14.6. The fraction of sp³-hybridized carbons (Fsp3) is 0.0606. The minimum Gasteiger partial charge on any atom is -0.871 e. The summed E-state index contributed by atoms with van der Waals surface area (Å²) in [7, 11) is -9.76. The van der Waals surface area contributed by atoms with Gasteiger partial charge in [0.1, 0.15) is 15.0 Å². The summed E-state index contributed by atoms with van der Waals surface area (Å²) in [6.07, 6.45) is 0. The summed E-state index contributed by atoms with van der Waals surface area (Å²) in [6.45, 7) is 1.52. The number of urea groups is 1. The smallest absolute Gasteiger partial charge is 0.871 e. The van der Waals surface area contributed by atoms with Crippen LogP contribution in [0.1, 0.15) is 6.92 Å². The molecular weight excluding hydrogens is 847 g/mol. The van der Waals surface area contributed by atoms with Crippen molar-refractivity contribution in [1.82, 2.24) is 0 Å². The van der Waals surface area contributed by atoms with Crippen LogP contribution in [0.5, 0.6) is 5.75 Å². The molecule has 0 radical (unpaired) electrons. The Labute approximate surface area is 378 Å². The van der Waals surface area contributed by atoms with Gasteiger partial charge in [-0.25, -0.2) is 13.2 Å². The molecule has 18 nitrogen and oxygen atoms in total. The van der Waals surface area contributed by atoms with Gasteiger partial charge in [-0.15, -0.1) is 5.11 Å². The number of carbonyl (C=O) groups excluding carboxylic acids is 2. The van der Waals surface area contributed by atoms with E-state index in [0.717, 1.165) is 23.2 Å². The van der Waals surface area contributed by atoms with Gasteiger partial charge in [0.05, 0.1) is 43.4 Å². The largest absolute Gasteiger partial charge is 1.00 e. The van der Waals surface area contributed by atoms with Crippen molar-refractivity contribution >= 4 is 112 Å². The van der Waals surface area contributed by atoms with Crippen molar-refractivity contribution in [2.45, 2.75) is 22.8 Å². The van der Waals surface area contributed by atoms with Crippen LogP contribution < -0.4 is 85.6 Å². The van der Waals surface area contributed by atoms with E-state index in [1.54, 1.807) is 0 Å². The SMILES string of the molecule is CC1=NN(c2cc(Cl)c(S(=O)(=O)[O-])cc2Cl)C(=O)C1N=Nc1ccc(NC(=O)Nc2ccc(N=Nc3c(S(=O)(=O)O)cc4cc(N)ccc4c3[O-])cc2)cc1.[Na+].[Na+]. The van der Waals surface area contributed by atoms with Crippen LogP contribution in [0.2, 0.25) is 10.0 Å². The molecule has 1 heterocycles. The molecular formula is C33H23Cl2N9Na2O9S2. The van der Waals surface area contributed by atoms with E-state index in [-0.39, 0.29) is 97.7 Å². The second kappa shape index (κ2) is 18.3. The zero-order valence-corrected chi connectivity index (χ0v) is 36.9. The van der Waals surface area contributed by atoms with E-state index in [9.17, 15) is 40.6 Å². The van der Waals surface area contributed by atoms with Gasteiger partial charge in [0.15, 0.2) is 6.04 Å². The van der Waals surface area contributed by atoms with Crippen LogP contribution in [-0.4, -0.2) is 49.6 Å². The summed E-state index contributed by atoms with van der Waals surface area (Å²) >= 11 is 12.1. The Hall–Kier alpha value is -4.03. The summed E-state index contributed by atoms with van der Waals surface area (Å²) < 4.78 is 68.0. The van der Waals surface area contributed by atoms with Crippen LogP contribution in [-0.2, 0) is 25.0 Å². The minimum atomic E-state index is -4.92. The predicted molar refractivity (Wildman–Crippen MR) is 201 cm³/mol. The number of fused-ring (bicyclic) bond motifs is 1. The Morgan fingerprint density at radius 2 is 1.42 bits per heavy atom. The Morgan fingerprint density at radius 1 is 0.842 bits per heavy atom. The van der Waals surface area contributed by atoms with Crippen molar-refractivity contribution in [2.75, 3.05) is 21.4 Å². The van der Waals surface area contributed by atoms with E-state index >= 15 is 0 Å². The van der Waals surface area contributed by atoms with E-state index in [2.05, 4.69) is 36.2 Å². The predicted octanol–water partition coefficient (Wildman–Crippen LogP) is 0.896. The molecule has 282 valence electrons. The molecule has 57 heavy (non-hydrogen) atoms. The Balaban J connectivity index is 0.00000360. The van der Waals surface area contributed by atoms with E-state index in [1.165, 1.54) is 73.7 Å². The van der Waals surface area contributed by atoms with Gasteiger partial charge < -0.3 is 26.0 Å². The van der Waals surface area contributed by atoms with Crippen molar-refractivity contribution < 1.29 is 99.8 Å². The number of nitrogens with two attached hydrogens (primary N) is 1. The molecule has 0 fully saturated rings. The number of amides is 3. The van der Waals surface area contributed by atoms with E-state index in [4.69, 9.17) is 28.9 Å². The van der Waals surface area contributed by atoms with Crippen molar-refractivity contribution in [3.63, 3.8) is 0 Å². The number of hydrogen-bond donors (Lipinski definition) is 4. The van der Waals surface area contributed by atoms with Crippen molar-refractivity contribution in [3.05, 3.63) is 95.0 Å². The first-order valence-electron chi connectivity index (χ1n) is 15.3. The number of carbonyl (C=O) groups is 2. The number of anilines is 4. The van der Waals surface area contributed by atoms with Gasteiger partial charge in [-0.2, -0.15) is 33.9 Å². The summed E-state index contributed by atoms with van der Waals surface area (Å²) in [5.74, 6) is -1.44. The first-order chi connectivity index (χ1) is 25.9. The van der Waals surface area contributed by atoms with Gasteiger partial charge in [-0.05, 0) is 96.6 Å². The van der Waals surface area contributed by atoms with Crippen molar-refractivity contribution in [1.29, 1.82) is 0 Å². The molecule has 0 aliphatic carbocycles. The van der Waals surface area contributed by atoms with Crippen molar-refractivity contribution in [2.24, 2.45) is 25.6 Å². The molecule has 1 aliphatic heterocycles. The summed E-state index contributed by atoms with van der Waals surface area (Å²) in [5.41, 5.74) is 6.85. The second-order valence-electron chi connectivity index (χ2n) is 11.6. The second-order valence-corrected chi connectivity index (χ2v) is 15.1. The van der Waals surface area contributed by atoms with Crippen LogP contribution in [0.3, 0.4) is 0 Å². The number of nitrogen functional groups attached to an aromatic ring is 1. The van der Waals surface area contributed by atoms with Crippen LogP contribution in [0.15, 0.2) is 120 Å². The normalized spacial score (nSPS) is 14.4. The molecule has 0 saturated heterocycles.